The first kappa shape index (κ1) is 9.85. The van der Waals surface area contributed by atoms with Crippen LogP contribution in [0.25, 0.3) is 0 Å². The molecule has 0 radical (unpaired) electrons. The van der Waals surface area contributed by atoms with E-state index in [9.17, 15) is 0 Å². The second-order valence-electron chi connectivity index (χ2n) is 2.15. The first-order chi connectivity index (χ1) is 4.76. The number of methoxy groups -OCH3 is 1. The molecule has 0 amide bonds. The Hall–Kier alpha value is -0.150. The monoisotopic (exact) mass is 161 g/mol. The van der Waals surface area contributed by atoms with Crippen LogP contribution in [0, 0.1) is 0 Å². The van der Waals surface area contributed by atoms with Gasteiger partial charge in [-0.25, -0.2) is 0 Å². The SMILES string of the molecule is CCCC(NC)C(=S)OC. The number of thiocarbonyl (C=S) groups is 1. The number of hydrogen-bond acceptors (Lipinski definition) is 3. The Kier molecular flexibility index (Phi) is 5.54. The van der Waals surface area contributed by atoms with E-state index in [1.165, 1.54) is 0 Å². The van der Waals surface area contributed by atoms with Crippen molar-refractivity contribution in [3.05, 3.63) is 0 Å². The lowest BCUT2D eigenvalue weighted by molar-refractivity contribution is 0.380. The fourth-order valence-corrected chi connectivity index (χ4v) is 1.05. The number of rotatable bonds is 4. The van der Waals surface area contributed by atoms with Gasteiger partial charge in [-0.1, -0.05) is 13.3 Å². The lowest BCUT2D eigenvalue weighted by Gasteiger charge is -2.14. The van der Waals surface area contributed by atoms with Crippen molar-refractivity contribution in [1.29, 1.82) is 0 Å². The third-order valence-electron chi connectivity index (χ3n) is 1.41. The summed E-state index contributed by atoms with van der Waals surface area (Å²) >= 11 is 4.96. The fourth-order valence-electron chi connectivity index (χ4n) is 0.811. The molecule has 1 N–H and O–H groups in total. The molecule has 0 heterocycles. The highest BCUT2D eigenvalue weighted by molar-refractivity contribution is 7.80. The van der Waals surface area contributed by atoms with Gasteiger partial charge in [-0.3, -0.25) is 0 Å². The first-order valence-corrected chi connectivity index (χ1v) is 3.92. The van der Waals surface area contributed by atoms with E-state index in [1.54, 1.807) is 7.11 Å². The van der Waals surface area contributed by atoms with Gasteiger partial charge in [0.25, 0.3) is 0 Å². The summed E-state index contributed by atoms with van der Waals surface area (Å²) in [6.07, 6.45) is 2.16. The maximum atomic E-state index is 4.96. The van der Waals surface area contributed by atoms with Crippen LogP contribution in [-0.2, 0) is 4.74 Å². The minimum atomic E-state index is 0.241. The average molecular weight is 161 g/mol. The van der Waals surface area contributed by atoms with Crippen molar-refractivity contribution in [3.8, 4) is 0 Å². The molecule has 0 aliphatic carbocycles. The van der Waals surface area contributed by atoms with E-state index in [0.29, 0.717) is 5.05 Å². The maximum Gasteiger partial charge on any atom is 0.176 e. The highest BCUT2D eigenvalue weighted by atomic mass is 32.1. The highest BCUT2D eigenvalue weighted by Crippen LogP contribution is 1.99. The molecule has 1 unspecified atom stereocenters. The van der Waals surface area contributed by atoms with E-state index in [0.717, 1.165) is 12.8 Å². The molecular weight excluding hydrogens is 146 g/mol. The van der Waals surface area contributed by atoms with Crippen molar-refractivity contribution in [2.45, 2.75) is 25.8 Å². The lowest BCUT2D eigenvalue weighted by atomic mass is 10.2. The Balaban J connectivity index is 3.68. The van der Waals surface area contributed by atoms with Gasteiger partial charge in [0.05, 0.1) is 13.2 Å². The summed E-state index contributed by atoms with van der Waals surface area (Å²) in [7, 11) is 3.51. The average Bonchev–Trinajstić information content (AvgIpc) is 1.99. The molecule has 0 saturated carbocycles. The van der Waals surface area contributed by atoms with Gasteiger partial charge in [0.15, 0.2) is 5.05 Å². The molecule has 10 heavy (non-hydrogen) atoms. The zero-order chi connectivity index (χ0) is 7.98. The Morgan fingerprint density at radius 3 is 2.60 bits per heavy atom. The van der Waals surface area contributed by atoms with Crippen molar-refractivity contribution in [2.75, 3.05) is 14.2 Å². The predicted molar refractivity (Wildman–Crippen MR) is 47.4 cm³/mol. The molecule has 3 heteroatoms. The van der Waals surface area contributed by atoms with E-state index in [-0.39, 0.29) is 6.04 Å². The highest BCUT2D eigenvalue weighted by Gasteiger charge is 2.09. The first-order valence-electron chi connectivity index (χ1n) is 3.51. The summed E-state index contributed by atoms with van der Waals surface area (Å²) < 4.78 is 4.92. The second kappa shape index (κ2) is 5.62. The fraction of sp³-hybridized carbons (Fsp3) is 0.857. The molecule has 0 spiro atoms. The van der Waals surface area contributed by atoms with Gasteiger partial charge in [0.1, 0.15) is 0 Å². The normalized spacial score (nSPS) is 12.7. The minimum Gasteiger partial charge on any atom is -0.489 e. The summed E-state index contributed by atoms with van der Waals surface area (Å²) in [6.45, 7) is 2.13. The summed E-state index contributed by atoms with van der Waals surface area (Å²) in [5.74, 6) is 0. The molecule has 0 saturated heterocycles. The number of likely N-dealkylation sites (N-methyl/N-ethyl adjacent to an activating group) is 1. The van der Waals surface area contributed by atoms with Crippen LogP contribution in [0.1, 0.15) is 19.8 Å². The smallest absolute Gasteiger partial charge is 0.176 e. The van der Waals surface area contributed by atoms with Gasteiger partial charge in [0.2, 0.25) is 0 Å². The van der Waals surface area contributed by atoms with E-state index in [1.807, 2.05) is 7.05 Å². The quantitative estimate of drug-likeness (QED) is 0.629. The molecule has 0 aliphatic heterocycles. The van der Waals surface area contributed by atoms with Crippen LogP contribution in [0.4, 0.5) is 0 Å². The molecule has 0 aliphatic rings. The van der Waals surface area contributed by atoms with E-state index >= 15 is 0 Å². The van der Waals surface area contributed by atoms with E-state index < -0.39 is 0 Å². The summed E-state index contributed by atoms with van der Waals surface area (Å²) in [4.78, 5) is 0. The molecule has 0 bridgehead atoms. The van der Waals surface area contributed by atoms with Crippen LogP contribution < -0.4 is 5.32 Å². The van der Waals surface area contributed by atoms with Crippen LogP contribution in [0.3, 0.4) is 0 Å². The molecule has 0 aromatic heterocycles. The van der Waals surface area contributed by atoms with Gasteiger partial charge in [-0.05, 0) is 25.7 Å². The molecular formula is C7H15NOS. The van der Waals surface area contributed by atoms with Crippen LogP contribution in [0.2, 0.25) is 0 Å². The van der Waals surface area contributed by atoms with E-state index in [2.05, 4.69) is 12.2 Å². The molecule has 60 valence electrons. The Morgan fingerprint density at radius 2 is 2.30 bits per heavy atom. The van der Waals surface area contributed by atoms with E-state index in [4.69, 9.17) is 17.0 Å². The zero-order valence-electron chi connectivity index (χ0n) is 6.81. The van der Waals surface area contributed by atoms with Crippen LogP contribution in [-0.4, -0.2) is 25.2 Å². The third-order valence-corrected chi connectivity index (χ3v) is 1.86. The molecule has 0 aromatic carbocycles. The van der Waals surface area contributed by atoms with Crippen LogP contribution in [0.15, 0.2) is 0 Å². The second-order valence-corrected chi connectivity index (χ2v) is 2.56. The van der Waals surface area contributed by atoms with Crippen molar-refractivity contribution in [1.82, 2.24) is 5.32 Å². The van der Waals surface area contributed by atoms with Gasteiger partial charge in [-0.15, -0.1) is 0 Å². The lowest BCUT2D eigenvalue weighted by Crippen LogP contribution is -2.33. The van der Waals surface area contributed by atoms with Gasteiger partial charge in [-0.2, -0.15) is 0 Å². The molecule has 2 nitrogen and oxygen atoms in total. The van der Waals surface area contributed by atoms with Gasteiger partial charge >= 0.3 is 0 Å². The van der Waals surface area contributed by atoms with Crippen molar-refractivity contribution < 1.29 is 4.74 Å². The number of hydrogen-bond donors (Lipinski definition) is 1. The van der Waals surface area contributed by atoms with Crippen LogP contribution in [0.5, 0.6) is 0 Å². The molecule has 1 atom stereocenters. The minimum absolute atomic E-state index is 0.241. The van der Waals surface area contributed by atoms with Gasteiger partial charge in [0, 0.05) is 0 Å². The largest absolute Gasteiger partial charge is 0.489 e. The Bertz CT molecular complexity index is 106. The Labute approximate surface area is 68.0 Å². The summed E-state index contributed by atoms with van der Waals surface area (Å²) in [5.41, 5.74) is 0. The standard InChI is InChI=1S/C7H15NOS/c1-4-5-6(8-2)7(10)9-3/h6,8H,4-5H2,1-3H3. The van der Waals surface area contributed by atoms with Crippen molar-refractivity contribution in [2.24, 2.45) is 0 Å². The zero-order valence-corrected chi connectivity index (χ0v) is 7.62. The molecule has 0 aromatic rings. The number of ether oxygens (including phenoxy) is 1. The topological polar surface area (TPSA) is 21.3 Å². The molecule has 0 fully saturated rings. The van der Waals surface area contributed by atoms with Crippen molar-refractivity contribution >= 4 is 17.3 Å². The molecule has 0 rings (SSSR count). The van der Waals surface area contributed by atoms with Gasteiger partial charge < -0.3 is 10.1 Å². The number of nitrogens with one attached hydrogen (secondary N) is 1. The van der Waals surface area contributed by atoms with Crippen LogP contribution >= 0.6 is 12.2 Å². The predicted octanol–water partition coefficient (Wildman–Crippen LogP) is 1.35. The third kappa shape index (κ3) is 3.13. The summed E-state index contributed by atoms with van der Waals surface area (Å²) in [6, 6.07) is 0.241. The maximum absolute atomic E-state index is 4.96. The van der Waals surface area contributed by atoms with Crippen molar-refractivity contribution in [3.63, 3.8) is 0 Å². The summed E-state index contributed by atoms with van der Waals surface area (Å²) in [5, 5.41) is 3.74. The Morgan fingerprint density at radius 1 is 1.70 bits per heavy atom.